The summed E-state index contributed by atoms with van der Waals surface area (Å²) in [6.07, 6.45) is 2.37. The Morgan fingerprint density at radius 1 is 1.00 bits per heavy atom. The van der Waals surface area contributed by atoms with Crippen LogP contribution in [0, 0.1) is 6.92 Å². The second-order valence-corrected chi connectivity index (χ2v) is 5.00. The number of aryl methyl sites for hydroxylation is 1. The first-order chi connectivity index (χ1) is 8.08. The number of nitrogens with zero attached hydrogens (tertiary/aromatic N) is 1. The Morgan fingerprint density at radius 2 is 1.47 bits per heavy atom. The molecule has 0 aliphatic rings. The molecule has 0 N–H and O–H groups in total. The fraction of sp³-hybridized carbons (Fsp3) is 0.600. The molecule has 1 aromatic carbocycles. The summed E-state index contributed by atoms with van der Waals surface area (Å²) in [7, 11) is 2.31. The monoisotopic (exact) mass is 230 g/mol. The predicted octanol–water partition coefficient (Wildman–Crippen LogP) is 3.14. The van der Waals surface area contributed by atoms with Gasteiger partial charge in [0.05, 0.1) is 0 Å². The first-order valence-electron chi connectivity index (χ1n) is 6.77. The van der Waals surface area contributed by atoms with Gasteiger partial charge in [-0.25, -0.2) is 0 Å². The fourth-order valence-electron chi connectivity index (χ4n) is 1.94. The Bertz CT molecular complexity index is 310. The van der Waals surface area contributed by atoms with Gasteiger partial charge in [0, 0.05) is 0 Å². The molecular formula is C15H25BN. The summed E-state index contributed by atoms with van der Waals surface area (Å²) in [5, 5.41) is 0. The molecule has 0 aromatic heterocycles. The summed E-state index contributed by atoms with van der Waals surface area (Å²) < 4.78 is 0. The highest BCUT2D eigenvalue weighted by atomic mass is 15.1. The molecule has 0 aliphatic heterocycles. The summed E-state index contributed by atoms with van der Waals surface area (Å²) >= 11 is 0. The van der Waals surface area contributed by atoms with E-state index >= 15 is 0 Å². The fourth-order valence-corrected chi connectivity index (χ4v) is 1.94. The normalized spacial score (nSPS) is 14.7. The molecule has 1 rings (SSSR count). The van der Waals surface area contributed by atoms with Crippen molar-refractivity contribution in [3.63, 3.8) is 0 Å². The lowest BCUT2D eigenvalue weighted by Gasteiger charge is -2.33. The quantitative estimate of drug-likeness (QED) is 0.678. The van der Waals surface area contributed by atoms with Gasteiger partial charge < -0.3 is 4.81 Å². The van der Waals surface area contributed by atoms with Gasteiger partial charge in [0.15, 0.2) is 0 Å². The Balaban J connectivity index is 2.75. The van der Waals surface area contributed by atoms with E-state index in [2.05, 4.69) is 71.1 Å². The highest BCUT2D eigenvalue weighted by Gasteiger charge is 2.18. The molecule has 0 saturated carbocycles. The molecule has 0 fully saturated rings. The standard InChI is InChI=1S/C15H25BN/c1-6-13(4)17(14(5)7-2)16-15-10-8-12(3)9-11-15/h8-11,13-14H,6-7H2,1-5H3. The van der Waals surface area contributed by atoms with Crippen LogP contribution < -0.4 is 5.46 Å². The van der Waals surface area contributed by atoms with Crippen LogP contribution in [0.5, 0.6) is 0 Å². The maximum Gasteiger partial charge on any atom is 0.248 e. The minimum atomic E-state index is 0.603. The molecule has 2 atom stereocenters. The van der Waals surface area contributed by atoms with Gasteiger partial charge in [-0.2, -0.15) is 0 Å². The van der Waals surface area contributed by atoms with Crippen LogP contribution in [-0.4, -0.2) is 24.3 Å². The van der Waals surface area contributed by atoms with Crippen LogP contribution in [0.25, 0.3) is 0 Å². The van der Waals surface area contributed by atoms with Crippen molar-refractivity contribution >= 4 is 12.9 Å². The third kappa shape index (κ3) is 4.20. The van der Waals surface area contributed by atoms with E-state index in [1.54, 1.807) is 0 Å². The Kier molecular flexibility index (Phi) is 5.77. The molecule has 2 unspecified atom stereocenters. The second kappa shape index (κ2) is 6.85. The smallest absolute Gasteiger partial charge is 0.248 e. The minimum absolute atomic E-state index is 0.603. The minimum Gasteiger partial charge on any atom is -0.337 e. The zero-order valence-electron chi connectivity index (χ0n) is 11.9. The maximum absolute atomic E-state index is 2.49. The molecule has 0 bridgehead atoms. The molecule has 1 aromatic rings. The van der Waals surface area contributed by atoms with E-state index in [0.717, 1.165) is 0 Å². The number of benzene rings is 1. The number of rotatable bonds is 6. The van der Waals surface area contributed by atoms with Gasteiger partial charge in [0.25, 0.3) is 0 Å². The van der Waals surface area contributed by atoms with E-state index in [4.69, 9.17) is 0 Å². The molecule has 0 amide bonds. The van der Waals surface area contributed by atoms with Crippen molar-refractivity contribution in [2.75, 3.05) is 0 Å². The summed E-state index contributed by atoms with van der Waals surface area (Å²) in [5.41, 5.74) is 2.62. The van der Waals surface area contributed by atoms with Crippen molar-refractivity contribution in [3.05, 3.63) is 29.8 Å². The van der Waals surface area contributed by atoms with Crippen LogP contribution in [-0.2, 0) is 0 Å². The second-order valence-electron chi connectivity index (χ2n) is 5.00. The Hall–Kier alpha value is -0.755. The average molecular weight is 230 g/mol. The van der Waals surface area contributed by atoms with Crippen LogP contribution in [0.1, 0.15) is 46.1 Å². The van der Waals surface area contributed by atoms with Crippen LogP contribution in [0.3, 0.4) is 0 Å². The van der Waals surface area contributed by atoms with Gasteiger partial charge in [0.2, 0.25) is 7.41 Å². The van der Waals surface area contributed by atoms with Crippen LogP contribution in [0.2, 0.25) is 0 Å². The predicted molar refractivity (Wildman–Crippen MR) is 77.9 cm³/mol. The maximum atomic E-state index is 2.49. The zero-order chi connectivity index (χ0) is 12.8. The number of hydrogen-bond acceptors (Lipinski definition) is 1. The van der Waals surface area contributed by atoms with Gasteiger partial charge in [-0.05, 0) is 31.8 Å². The third-order valence-electron chi connectivity index (χ3n) is 3.58. The molecule has 1 nitrogen and oxygen atoms in total. The van der Waals surface area contributed by atoms with E-state index in [1.807, 2.05) is 0 Å². The van der Waals surface area contributed by atoms with Gasteiger partial charge in [-0.3, -0.25) is 0 Å². The van der Waals surface area contributed by atoms with Crippen LogP contribution in [0.15, 0.2) is 24.3 Å². The summed E-state index contributed by atoms with van der Waals surface area (Å²) in [6.45, 7) is 11.2. The summed E-state index contributed by atoms with van der Waals surface area (Å²) in [6, 6.07) is 9.96. The van der Waals surface area contributed by atoms with Crippen molar-refractivity contribution in [3.8, 4) is 0 Å². The lowest BCUT2D eigenvalue weighted by Crippen LogP contribution is -2.46. The van der Waals surface area contributed by atoms with Crippen molar-refractivity contribution in [2.45, 2.75) is 59.5 Å². The topological polar surface area (TPSA) is 3.24 Å². The van der Waals surface area contributed by atoms with Gasteiger partial charge in [-0.15, -0.1) is 0 Å². The first-order valence-corrected chi connectivity index (χ1v) is 6.77. The van der Waals surface area contributed by atoms with Gasteiger partial charge in [-0.1, -0.05) is 63.0 Å². The lowest BCUT2D eigenvalue weighted by atomic mass is 9.77. The largest absolute Gasteiger partial charge is 0.337 e. The molecule has 2 heteroatoms. The molecule has 1 radical (unpaired) electrons. The highest BCUT2D eigenvalue weighted by Crippen LogP contribution is 2.10. The highest BCUT2D eigenvalue weighted by molar-refractivity contribution is 6.50. The Labute approximate surface area is 107 Å². The SMILES string of the molecule is CCC(C)N([B]c1ccc(C)cc1)C(C)CC. The van der Waals surface area contributed by atoms with E-state index in [-0.39, 0.29) is 0 Å². The van der Waals surface area contributed by atoms with Crippen molar-refractivity contribution < 1.29 is 0 Å². The lowest BCUT2D eigenvalue weighted by molar-refractivity contribution is 0.271. The van der Waals surface area contributed by atoms with Crippen LogP contribution >= 0.6 is 0 Å². The van der Waals surface area contributed by atoms with Gasteiger partial charge >= 0.3 is 0 Å². The van der Waals surface area contributed by atoms with E-state index < -0.39 is 0 Å². The molecule has 0 aliphatic carbocycles. The van der Waals surface area contributed by atoms with E-state index in [9.17, 15) is 0 Å². The average Bonchev–Trinajstić information content (AvgIpc) is 2.36. The third-order valence-corrected chi connectivity index (χ3v) is 3.58. The Morgan fingerprint density at radius 3 is 1.88 bits per heavy atom. The summed E-state index contributed by atoms with van der Waals surface area (Å²) in [5.74, 6) is 0. The first kappa shape index (κ1) is 14.3. The van der Waals surface area contributed by atoms with Gasteiger partial charge in [0.1, 0.15) is 0 Å². The molecule has 0 heterocycles. The van der Waals surface area contributed by atoms with Crippen molar-refractivity contribution in [1.29, 1.82) is 0 Å². The summed E-state index contributed by atoms with van der Waals surface area (Å²) in [4.78, 5) is 2.49. The molecular weight excluding hydrogens is 205 g/mol. The molecule has 17 heavy (non-hydrogen) atoms. The molecule has 0 spiro atoms. The molecule has 0 saturated heterocycles. The van der Waals surface area contributed by atoms with E-state index in [1.165, 1.54) is 23.9 Å². The molecule has 93 valence electrons. The zero-order valence-corrected chi connectivity index (χ0v) is 11.9. The van der Waals surface area contributed by atoms with Crippen molar-refractivity contribution in [2.24, 2.45) is 0 Å². The van der Waals surface area contributed by atoms with E-state index in [0.29, 0.717) is 12.1 Å². The van der Waals surface area contributed by atoms with Crippen LogP contribution in [0.4, 0.5) is 0 Å². The van der Waals surface area contributed by atoms with Crippen molar-refractivity contribution in [1.82, 2.24) is 4.81 Å². The number of hydrogen-bond donors (Lipinski definition) is 0.